The van der Waals surface area contributed by atoms with Crippen molar-refractivity contribution in [2.75, 3.05) is 7.11 Å². The van der Waals surface area contributed by atoms with Gasteiger partial charge in [0.15, 0.2) is 5.69 Å². The normalized spacial score (nSPS) is 11.5. The standard InChI is InChI=1S/C16H15F3N2O4/c1-9(2)25-12-11(15(23)24-3)13(16(17,18)19)20-21(14(12)22)10-7-5-4-6-8-10/h4-9H,1-3H3. The molecule has 0 atom stereocenters. The van der Waals surface area contributed by atoms with Crippen molar-refractivity contribution in [1.82, 2.24) is 9.78 Å². The van der Waals surface area contributed by atoms with Gasteiger partial charge >= 0.3 is 17.7 Å². The summed E-state index contributed by atoms with van der Waals surface area (Å²) in [6.07, 6.45) is -5.65. The van der Waals surface area contributed by atoms with Crippen molar-refractivity contribution in [1.29, 1.82) is 0 Å². The van der Waals surface area contributed by atoms with Crippen molar-refractivity contribution in [3.63, 3.8) is 0 Å². The van der Waals surface area contributed by atoms with E-state index in [4.69, 9.17) is 4.74 Å². The van der Waals surface area contributed by atoms with Crippen molar-refractivity contribution in [2.45, 2.75) is 26.1 Å². The average molecular weight is 356 g/mol. The van der Waals surface area contributed by atoms with Gasteiger partial charge in [-0.3, -0.25) is 4.79 Å². The highest BCUT2D eigenvalue weighted by molar-refractivity contribution is 5.93. The molecule has 2 rings (SSSR count). The summed E-state index contributed by atoms with van der Waals surface area (Å²) in [6.45, 7) is 3.03. The Bertz CT molecular complexity index is 830. The molecule has 0 aliphatic carbocycles. The predicted molar refractivity (Wildman–Crippen MR) is 81.9 cm³/mol. The van der Waals surface area contributed by atoms with Gasteiger partial charge in [0.25, 0.3) is 0 Å². The fraction of sp³-hybridized carbons (Fsp3) is 0.312. The number of nitrogens with zero attached hydrogens (tertiary/aromatic N) is 2. The molecule has 0 aliphatic heterocycles. The van der Waals surface area contributed by atoms with Gasteiger partial charge in [0.1, 0.15) is 5.56 Å². The molecule has 134 valence electrons. The zero-order valence-electron chi connectivity index (χ0n) is 13.6. The number of carbonyl (C=O) groups is 1. The van der Waals surface area contributed by atoms with Gasteiger partial charge in [0, 0.05) is 0 Å². The minimum atomic E-state index is -5.00. The molecular formula is C16H15F3N2O4. The van der Waals surface area contributed by atoms with Gasteiger partial charge in [-0.2, -0.15) is 23.0 Å². The van der Waals surface area contributed by atoms with Gasteiger partial charge in [-0.15, -0.1) is 0 Å². The highest BCUT2D eigenvalue weighted by atomic mass is 19.4. The van der Waals surface area contributed by atoms with Gasteiger partial charge in [0.2, 0.25) is 5.75 Å². The van der Waals surface area contributed by atoms with E-state index in [1.54, 1.807) is 6.07 Å². The second-order valence-corrected chi connectivity index (χ2v) is 5.26. The highest BCUT2D eigenvalue weighted by Crippen LogP contribution is 2.34. The molecule has 0 unspecified atom stereocenters. The number of ether oxygens (including phenoxy) is 2. The summed E-state index contributed by atoms with van der Waals surface area (Å²) >= 11 is 0. The maximum Gasteiger partial charge on any atom is 0.436 e. The van der Waals surface area contributed by atoms with Crippen molar-refractivity contribution >= 4 is 5.97 Å². The molecule has 0 amide bonds. The minimum Gasteiger partial charge on any atom is -0.484 e. The zero-order chi connectivity index (χ0) is 18.8. The second kappa shape index (κ2) is 6.96. The SMILES string of the molecule is COC(=O)c1c(C(F)(F)F)nn(-c2ccccc2)c(=O)c1OC(C)C. The Morgan fingerprint density at radius 3 is 2.28 bits per heavy atom. The van der Waals surface area contributed by atoms with Crippen molar-refractivity contribution < 1.29 is 27.4 Å². The molecule has 1 aromatic heterocycles. The maximum atomic E-state index is 13.4. The molecule has 9 heteroatoms. The van der Waals surface area contributed by atoms with Crippen LogP contribution in [-0.4, -0.2) is 29.0 Å². The third kappa shape index (κ3) is 3.81. The Morgan fingerprint density at radius 1 is 1.20 bits per heavy atom. The van der Waals surface area contributed by atoms with Crippen LogP contribution < -0.4 is 10.3 Å². The second-order valence-electron chi connectivity index (χ2n) is 5.26. The summed E-state index contributed by atoms with van der Waals surface area (Å²) < 4.78 is 50.5. The average Bonchev–Trinajstić information content (AvgIpc) is 2.55. The number of hydrogen-bond donors (Lipinski definition) is 0. The number of hydrogen-bond acceptors (Lipinski definition) is 5. The first kappa shape index (κ1) is 18.5. The summed E-state index contributed by atoms with van der Waals surface area (Å²) in [4.78, 5) is 24.5. The lowest BCUT2D eigenvalue weighted by Gasteiger charge is -2.18. The van der Waals surface area contributed by atoms with Crippen LogP contribution in [0.2, 0.25) is 0 Å². The number of aromatic nitrogens is 2. The monoisotopic (exact) mass is 356 g/mol. The fourth-order valence-electron chi connectivity index (χ4n) is 2.09. The predicted octanol–water partition coefficient (Wildman–Crippen LogP) is 2.83. The number of alkyl halides is 3. The lowest BCUT2D eigenvalue weighted by molar-refractivity contribution is -0.142. The molecule has 0 saturated heterocycles. The molecule has 1 heterocycles. The largest absolute Gasteiger partial charge is 0.484 e. The van der Waals surface area contributed by atoms with E-state index in [1.807, 2.05) is 0 Å². The zero-order valence-corrected chi connectivity index (χ0v) is 13.6. The number of esters is 1. The number of methoxy groups -OCH3 is 1. The van der Waals surface area contributed by atoms with Crippen LogP contribution in [0, 0.1) is 0 Å². The van der Waals surface area contributed by atoms with Gasteiger partial charge < -0.3 is 9.47 Å². The molecule has 0 spiro atoms. The Hall–Kier alpha value is -2.84. The van der Waals surface area contributed by atoms with Crippen LogP contribution in [0.3, 0.4) is 0 Å². The Kier molecular flexibility index (Phi) is 5.15. The molecule has 25 heavy (non-hydrogen) atoms. The number of carbonyl (C=O) groups excluding carboxylic acids is 1. The van der Waals surface area contributed by atoms with Crippen LogP contribution in [0.25, 0.3) is 5.69 Å². The first-order chi connectivity index (χ1) is 11.7. The van der Waals surface area contributed by atoms with Gasteiger partial charge in [0.05, 0.1) is 18.9 Å². The maximum absolute atomic E-state index is 13.4. The highest BCUT2D eigenvalue weighted by Gasteiger charge is 2.42. The van der Waals surface area contributed by atoms with Crippen LogP contribution in [-0.2, 0) is 10.9 Å². The molecular weight excluding hydrogens is 341 g/mol. The first-order valence-electron chi connectivity index (χ1n) is 7.21. The van der Waals surface area contributed by atoms with Gasteiger partial charge in [-0.05, 0) is 26.0 Å². The minimum absolute atomic E-state index is 0.100. The van der Waals surface area contributed by atoms with Crippen LogP contribution in [0.5, 0.6) is 5.75 Å². The molecule has 0 fully saturated rings. The number of benzene rings is 1. The summed E-state index contributed by atoms with van der Waals surface area (Å²) in [5, 5.41) is 3.35. The van der Waals surface area contributed by atoms with Crippen molar-refractivity contribution in [3.05, 3.63) is 51.9 Å². The van der Waals surface area contributed by atoms with E-state index in [-0.39, 0.29) is 5.69 Å². The van der Waals surface area contributed by atoms with Crippen molar-refractivity contribution in [3.8, 4) is 11.4 Å². The van der Waals surface area contributed by atoms with E-state index in [1.165, 1.54) is 38.1 Å². The fourth-order valence-corrected chi connectivity index (χ4v) is 2.09. The van der Waals surface area contributed by atoms with Gasteiger partial charge in [-0.25, -0.2) is 4.79 Å². The van der Waals surface area contributed by atoms with E-state index < -0.39 is 40.8 Å². The summed E-state index contributed by atoms with van der Waals surface area (Å²) in [6, 6.07) is 7.52. The first-order valence-corrected chi connectivity index (χ1v) is 7.21. The molecule has 0 saturated carbocycles. The van der Waals surface area contributed by atoms with E-state index in [9.17, 15) is 22.8 Å². The smallest absolute Gasteiger partial charge is 0.436 e. The Balaban J connectivity index is 2.90. The quantitative estimate of drug-likeness (QED) is 0.788. The summed E-state index contributed by atoms with van der Waals surface area (Å²) in [7, 11) is 0.907. The summed E-state index contributed by atoms with van der Waals surface area (Å²) in [5.74, 6) is -2.11. The number of halogens is 3. The third-order valence-corrected chi connectivity index (χ3v) is 3.06. The van der Waals surface area contributed by atoms with Crippen molar-refractivity contribution in [2.24, 2.45) is 0 Å². The third-order valence-electron chi connectivity index (χ3n) is 3.06. The molecule has 0 radical (unpaired) electrons. The van der Waals surface area contributed by atoms with E-state index in [0.717, 1.165) is 7.11 Å². The molecule has 0 aliphatic rings. The lowest BCUT2D eigenvalue weighted by atomic mass is 10.1. The molecule has 0 N–H and O–H groups in total. The topological polar surface area (TPSA) is 70.4 Å². The molecule has 1 aromatic carbocycles. The van der Waals surface area contributed by atoms with E-state index in [0.29, 0.717) is 4.68 Å². The van der Waals surface area contributed by atoms with E-state index >= 15 is 0 Å². The Morgan fingerprint density at radius 2 is 1.80 bits per heavy atom. The number of rotatable bonds is 4. The van der Waals surface area contributed by atoms with Crippen LogP contribution in [0.15, 0.2) is 35.1 Å². The summed E-state index contributed by atoms with van der Waals surface area (Å²) in [5.41, 5.74) is -3.49. The molecule has 6 nitrogen and oxygen atoms in total. The Labute approximate surface area is 140 Å². The lowest BCUT2D eigenvalue weighted by Crippen LogP contribution is -2.32. The molecule has 2 aromatic rings. The van der Waals surface area contributed by atoms with Crippen LogP contribution in [0.4, 0.5) is 13.2 Å². The van der Waals surface area contributed by atoms with Crippen LogP contribution >= 0.6 is 0 Å². The van der Waals surface area contributed by atoms with E-state index in [2.05, 4.69) is 9.84 Å². The molecule has 0 bridgehead atoms. The number of para-hydroxylation sites is 1. The van der Waals surface area contributed by atoms with Gasteiger partial charge in [-0.1, -0.05) is 18.2 Å². The van der Waals surface area contributed by atoms with Crippen LogP contribution in [0.1, 0.15) is 29.9 Å².